The minimum atomic E-state index is 0.888. The van der Waals surface area contributed by atoms with Gasteiger partial charge in [0.25, 0.3) is 0 Å². The van der Waals surface area contributed by atoms with Gasteiger partial charge in [-0.3, -0.25) is 4.98 Å². The maximum Gasteiger partial charge on any atom is 0.118 e. The average molecular weight is 241 g/mol. The molecule has 0 spiro atoms. The van der Waals surface area contributed by atoms with Gasteiger partial charge in [0.2, 0.25) is 0 Å². The molecule has 0 saturated carbocycles. The van der Waals surface area contributed by atoms with Crippen LogP contribution in [0.15, 0.2) is 36.4 Å². The third kappa shape index (κ3) is 2.70. The lowest BCUT2D eigenvalue weighted by Crippen LogP contribution is -1.95. The molecule has 0 bridgehead atoms. The van der Waals surface area contributed by atoms with Gasteiger partial charge in [0.15, 0.2) is 0 Å². The van der Waals surface area contributed by atoms with Crippen LogP contribution in [0.5, 0.6) is 5.75 Å². The Bertz CT molecular complexity index is 495. The second kappa shape index (κ2) is 5.67. The average Bonchev–Trinajstić information content (AvgIpc) is 2.46. The van der Waals surface area contributed by atoms with Gasteiger partial charge in [-0.1, -0.05) is 26.0 Å². The van der Waals surface area contributed by atoms with Crippen molar-refractivity contribution < 1.29 is 4.74 Å². The Labute approximate surface area is 109 Å². The molecule has 0 amide bonds. The highest BCUT2D eigenvalue weighted by atomic mass is 16.5. The number of nitrogens with zero attached hydrogens (tertiary/aromatic N) is 1. The Morgan fingerprint density at radius 1 is 0.889 bits per heavy atom. The van der Waals surface area contributed by atoms with Crippen molar-refractivity contribution >= 4 is 0 Å². The van der Waals surface area contributed by atoms with E-state index in [4.69, 9.17) is 4.74 Å². The van der Waals surface area contributed by atoms with Crippen molar-refractivity contribution in [3.05, 3.63) is 47.8 Å². The Morgan fingerprint density at radius 2 is 1.44 bits per heavy atom. The second-order valence-electron chi connectivity index (χ2n) is 4.27. The molecule has 0 radical (unpaired) electrons. The first kappa shape index (κ1) is 12.6. The summed E-state index contributed by atoms with van der Waals surface area (Å²) in [5, 5.41) is 0. The molecular formula is C16H19NO. The SMILES string of the molecule is CCc1cc(-c2ccc(OC)cc2)cc(CC)n1. The number of methoxy groups -OCH3 is 1. The van der Waals surface area contributed by atoms with Crippen LogP contribution in [-0.4, -0.2) is 12.1 Å². The lowest BCUT2D eigenvalue weighted by atomic mass is 10.0. The minimum absolute atomic E-state index is 0.888. The maximum absolute atomic E-state index is 5.18. The summed E-state index contributed by atoms with van der Waals surface area (Å²) in [4.78, 5) is 4.60. The molecule has 0 fully saturated rings. The van der Waals surface area contributed by atoms with Gasteiger partial charge in [-0.25, -0.2) is 0 Å². The number of aryl methyl sites for hydroxylation is 2. The zero-order valence-electron chi connectivity index (χ0n) is 11.2. The molecule has 0 saturated heterocycles. The minimum Gasteiger partial charge on any atom is -0.497 e. The van der Waals surface area contributed by atoms with E-state index in [2.05, 4.69) is 43.1 Å². The summed E-state index contributed by atoms with van der Waals surface area (Å²) in [6.45, 7) is 4.28. The highest BCUT2D eigenvalue weighted by molar-refractivity contribution is 5.65. The van der Waals surface area contributed by atoms with Crippen molar-refractivity contribution in [2.24, 2.45) is 0 Å². The highest BCUT2D eigenvalue weighted by Crippen LogP contribution is 2.24. The van der Waals surface area contributed by atoms with Crippen molar-refractivity contribution in [3.8, 4) is 16.9 Å². The van der Waals surface area contributed by atoms with Crippen LogP contribution in [-0.2, 0) is 12.8 Å². The van der Waals surface area contributed by atoms with Crippen molar-refractivity contribution in [2.75, 3.05) is 7.11 Å². The fourth-order valence-corrected chi connectivity index (χ4v) is 1.96. The van der Waals surface area contributed by atoms with Crippen LogP contribution >= 0.6 is 0 Å². The number of benzene rings is 1. The lowest BCUT2D eigenvalue weighted by molar-refractivity contribution is 0.415. The summed E-state index contributed by atoms with van der Waals surface area (Å²) in [6, 6.07) is 12.5. The largest absolute Gasteiger partial charge is 0.497 e. The van der Waals surface area contributed by atoms with Crippen molar-refractivity contribution in [1.29, 1.82) is 0 Å². The van der Waals surface area contributed by atoms with E-state index in [0.29, 0.717) is 0 Å². The molecular weight excluding hydrogens is 222 g/mol. The zero-order valence-corrected chi connectivity index (χ0v) is 11.2. The van der Waals surface area contributed by atoms with Gasteiger partial charge in [0, 0.05) is 11.4 Å². The van der Waals surface area contributed by atoms with E-state index in [0.717, 1.165) is 30.0 Å². The van der Waals surface area contributed by atoms with E-state index < -0.39 is 0 Å². The van der Waals surface area contributed by atoms with Crippen molar-refractivity contribution in [3.63, 3.8) is 0 Å². The van der Waals surface area contributed by atoms with Gasteiger partial charge in [-0.2, -0.15) is 0 Å². The van der Waals surface area contributed by atoms with Gasteiger partial charge >= 0.3 is 0 Å². The predicted molar refractivity (Wildman–Crippen MR) is 75.0 cm³/mol. The Hall–Kier alpha value is -1.83. The number of hydrogen-bond acceptors (Lipinski definition) is 2. The lowest BCUT2D eigenvalue weighted by Gasteiger charge is -2.08. The summed E-state index contributed by atoms with van der Waals surface area (Å²) in [7, 11) is 1.69. The summed E-state index contributed by atoms with van der Waals surface area (Å²) in [5.74, 6) is 0.888. The molecule has 94 valence electrons. The van der Waals surface area contributed by atoms with E-state index in [-0.39, 0.29) is 0 Å². The fraction of sp³-hybridized carbons (Fsp3) is 0.312. The number of hydrogen-bond donors (Lipinski definition) is 0. The highest BCUT2D eigenvalue weighted by Gasteiger charge is 2.03. The van der Waals surface area contributed by atoms with Crippen LogP contribution in [0.2, 0.25) is 0 Å². The Kier molecular flexibility index (Phi) is 3.98. The van der Waals surface area contributed by atoms with Gasteiger partial charge < -0.3 is 4.74 Å². The Morgan fingerprint density at radius 3 is 1.89 bits per heavy atom. The van der Waals surface area contributed by atoms with E-state index in [9.17, 15) is 0 Å². The predicted octanol–water partition coefficient (Wildman–Crippen LogP) is 3.88. The van der Waals surface area contributed by atoms with Crippen LogP contribution in [0, 0.1) is 0 Å². The van der Waals surface area contributed by atoms with Crippen LogP contribution in [0.1, 0.15) is 25.2 Å². The number of pyridine rings is 1. The molecule has 1 heterocycles. The van der Waals surface area contributed by atoms with Gasteiger partial charge in [0.05, 0.1) is 7.11 Å². The van der Waals surface area contributed by atoms with Crippen LogP contribution in [0.25, 0.3) is 11.1 Å². The molecule has 0 N–H and O–H groups in total. The molecule has 2 rings (SSSR count). The summed E-state index contributed by atoms with van der Waals surface area (Å²) in [5.41, 5.74) is 4.75. The summed E-state index contributed by atoms with van der Waals surface area (Å²) in [6.07, 6.45) is 1.94. The quantitative estimate of drug-likeness (QED) is 0.810. The molecule has 18 heavy (non-hydrogen) atoms. The van der Waals surface area contributed by atoms with Gasteiger partial charge in [-0.15, -0.1) is 0 Å². The van der Waals surface area contributed by atoms with E-state index in [1.165, 1.54) is 11.1 Å². The second-order valence-corrected chi connectivity index (χ2v) is 4.27. The van der Waals surface area contributed by atoms with Crippen molar-refractivity contribution in [2.45, 2.75) is 26.7 Å². The van der Waals surface area contributed by atoms with Gasteiger partial charge in [0.1, 0.15) is 5.75 Å². The molecule has 0 aliphatic rings. The smallest absolute Gasteiger partial charge is 0.118 e. The monoisotopic (exact) mass is 241 g/mol. The first-order chi connectivity index (χ1) is 8.76. The number of ether oxygens (including phenoxy) is 1. The third-order valence-corrected chi connectivity index (χ3v) is 3.08. The first-order valence-corrected chi connectivity index (χ1v) is 6.41. The maximum atomic E-state index is 5.18. The molecule has 0 aliphatic heterocycles. The van der Waals surface area contributed by atoms with Crippen LogP contribution < -0.4 is 4.74 Å². The molecule has 0 aliphatic carbocycles. The topological polar surface area (TPSA) is 22.1 Å². The van der Waals surface area contributed by atoms with E-state index in [1.54, 1.807) is 7.11 Å². The molecule has 2 heteroatoms. The third-order valence-electron chi connectivity index (χ3n) is 3.08. The molecule has 1 aromatic heterocycles. The number of rotatable bonds is 4. The van der Waals surface area contributed by atoms with E-state index in [1.807, 2.05) is 12.1 Å². The van der Waals surface area contributed by atoms with E-state index >= 15 is 0 Å². The van der Waals surface area contributed by atoms with Crippen LogP contribution in [0.3, 0.4) is 0 Å². The number of aromatic nitrogens is 1. The van der Waals surface area contributed by atoms with Crippen molar-refractivity contribution in [1.82, 2.24) is 4.98 Å². The molecule has 0 atom stereocenters. The molecule has 1 aromatic carbocycles. The van der Waals surface area contributed by atoms with Crippen LogP contribution in [0.4, 0.5) is 0 Å². The van der Waals surface area contributed by atoms with Gasteiger partial charge in [-0.05, 0) is 48.2 Å². The summed E-state index contributed by atoms with van der Waals surface area (Å²) < 4.78 is 5.18. The molecule has 2 nitrogen and oxygen atoms in total. The fourth-order valence-electron chi connectivity index (χ4n) is 1.96. The molecule has 0 unspecified atom stereocenters. The standard InChI is InChI=1S/C16H19NO/c1-4-14-10-13(11-15(5-2)17-14)12-6-8-16(18-3)9-7-12/h6-11H,4-5H2,1-3H3. The first-order valence-electron chi connectivity index (χ1n) is 6.41. The normalized spacial score (nSPS) is 10.4. The zero-order chi connectivity index (χ0) is 13.0. The molecule has 2 aromatic rings. The Balaban J connectivity index is 2.41. The summed E-state index contributed by atoms with van der Waals surface area (Å²) >= 11 is 0.